The predicted octanol–water partition coefficient (Wildman–Crippen LogP) is 3.74. The highest BCUT2D eigenvalue weighted by atomic mass is 16.6. The lowest BCUT2D eigenvalue weighted by Gasteiger charge is -2.24. The molecule has 0 saturated carbocycles. The van der Waals surface area contributed by atoms with Gasteiger partial charge in [-0.05, 0) is 38.5 Å². The predicted molar refractivity (Wildman–Crippen MR) is 109 cm³/mol. The number of ether oxygens (including phenoxy) is 2. The Labute approximate surface area is 169 Å². The molecule has 3 aromatic rings. The Morgan fingerprint density at radius 3 is 2.69 bits per heavy atom. The fourth-order valence-electron chi connectivity index (χ4n) is 2.90. The number of alkyl carbamates (subject to hydrolysis) is 1. The van der Waals surface area contributed by atoms with Crippen LogP contribution in [0, 0.1) is 0 Å². The molecular formula is C22H25N3O4. The molecule has 2 N–H and O–H groups in total. The minimum Gasteiger partial charge on any atom is -0.458 e. The van der Waals surface area contributed by atoms with Gasteiger partial charge in [0.25, 0.3) is 0 Å². The van der Waals surface area contributed by atoms with Crippen LogP contribution < -0.4 is 5.32 Å². The molecule has 7 heteroatoms. The summed E-state index contributed by atoms with van der Waals surface area (Å²) in [5, 5.41) is 3.63. The number of pyridine rings is 1. The summed E-state index contributed by atoms with van der Waals surface area (Å²) in [7, 11) is 0. The van der Waals surface area contributed by atoms with Gasteiger partial charge in [-0.25, -0.2) is 9.59 Å². The second-order valence-electron chi connectivity index (χ2n) is 7.73. The first kappa shape index (κ1) is 20.4. The molecule has 152 valence electrons. The van der Waals surface area contributed by atoms with Crippen molar-refractivity contribution < 1.29 is 19.1 Å². The van der Waals surface area contributed by atoms with E-state index in [9.17, 15) is 9.59 Å². The maximum Gasteiger partial charge on any atom is 0.408 e. The van der Waals surface area contributed by atoms with Crippen LogP contribution in [0.3, 0.4) is 0 Å². The van der Waals surface area contributed by atoms with Gasteiger partial charge in [0.2, 0.25) is 0 Å². The molecule has 1 amide bonds. The number of nitrogens with zero attached hydrogens (tertiary/aromatic N) is 1. The molecule has 2 heterocycles. The Morgan fingerprint density at radius 2 is 1.97 bits per heavy atom. The van der Waals surface area contributed by atoms with Gasteiger partial charge in [-0.3, -0.25) is 4.98 Å². The van der Waals surface area contributed by atoms with E-state index >= 15 is 0 Å². The minimum atomic E-state index is -0.880. The van der Waals surface area contributed by atoms with Gasteiger partial charge < -0.3 is 19.8 Å². The van der Waals surface area contributed by atoms with Crippen LogP contribution in [0.25, 0.3) is 10.9 Å². The zero-order valence-electron chi connectivity index (χ0n) is 16.8. The molecule has 0 aliphatic carbocycles. The smallest absolute Gasteiger partial charge is 0.408 e. The summed E-state index contributed by atoms with van der Waals surface area (Å²) in [6.07, 6.45) is 4.68. The third kappa shape index (κ3) is 5.81. The van der Waals surface area contributed by atoms with E-state index in [1.54, 1.807) is 45.3 Å². The van der Waals surface area contributed by atoms with E-state index in [0.717, 1.165) is 22.0 Å². The molecule has 0 bridgehead atoms. The van der Waals surface area contributed by atoms with Crippen molar-refractivity contribution in [1.82, 2.24) is 15.3 Å². The first-order chi connectivity index (χ1) is 13.8. The van der Waals surface area contributed by atoms with Crippen molar-refractivity contribution in [2.24, 2.45) is 0 Å². The summed E-state index contributed by atoms with van der Waals surface area (Å²) in [5.41, 5.74) is 1.96. The fraction of sp³-hybridized carbons (Fsp3) is 0.318. The molecule has 0 saturated heterocycles. The number of fused-ring (bicyclic) bond motifs is 1. The van der Waals surface area contributed by atoms with Crippen LogP contribution in [0.1, 0.15) is 31.9 Å². The van der Waals surface area contributed by atoms with E-state index in [1.165, 1.54) is 0 Å². The summed E-state index contributed by atoms with van der Waals surface area (Å²) >= 11 is 0. The second kappa shape index (κ2) is 8.77. The molecule has 0 aliphatic heterocycles. The molecule has 3 rings (SSSR count). The average Bonchev–Trinajstić information content (AvgIpc) is 3.08. The molecule has 29 heavy (non-hydrogen) atoms. The highest BCUT2D eigenvalue weighted by Gasteiger charge is 2.28. The van der Waals surface area contributed by atoms with Crippen LogP contribution in [-0.2, 0) is 27.3 Å². The number of nitrogens with one attached hydrogen (secondary N) is 2. The first-order valence-corrected chi connectivity index (χ1v) is 9.42. The number of aromatic nitrogens is 2. The van der Waals surface area contributed by atoms with Gasteiger partial charge in [0, 0.05) is 41.5 Å². The number of hydrogen-bond acceptors (Lipinski definition) is 5. The van der Waals surface area contributed by atoms with Crippen molar-refractivity contribution in [2.45, 2.75) is 45.4 Å². The average molecular weight is 395 g/mol. The number of aromatic amines is 1. The summed E-state index contributed by atoms with van der Waals surface area (Å²) in [4.78, 5) is 32.2. The van der Waals surface area contributed by atoms with Gasteiger partial charge in [0.15, 0.2) is 0 Å². The molecule has 1 unspecified atom stereocenters. The number of benzene rings is 1. The van der Waals surface area contributed by atoms with Crippen molar-refractivity contribution in [1.29, 1.82) is 0 Å². The van der Waals surface area contributed by atoms with Gasteiger partial charge >= 0.3 is 12.1 Å². The summed E-state index contributed by atoms with van der Waals surface area (Å²) in [6, 6.07) is 10.5. The first-order valence-electron chi connectivity index (χ1n) is 9.42. The number of amides is 1. The third-order valence-electron chi connectivity index (χ3n) is 4.18. The van der Waals surface area contributed by atoms with E-state index in [4.69, 9.17) is 9.47 Å². The number of hydrogen-bond donors (Lipinski definition) is 2. The van der Waals surface area contributed by atoms with E-state index in [-0.39, 0.29) is 13.0 Å². The third-order valence-corrected chi connectivity index (χ3v) is 4.18. The standard InChI is InChI=1S/C22H25N3O4/c1-22(2,3)29-20(26)19(11-16-13-24-18-9-5-4-8-17(16)18)25-21(27)28-14-15-7-6-10-23-12-15/h4-10,12-13,19,24H,11,14H2,1-3H3,(H,25,27). The molecular weight excluding hydrogens is 370 g/mol. The van der Waals surface area contributed by atoms with Gasteiger partial charge in [-0.1, -0.05) is 24.3 Å². The summed E-state index contributed by atoms with van der Waals surface area (Å²) < 4.78 is 10.7. The number of carbonyl (C=O) groups is 2. The second-order valence-corrected chi connectivity index (χ2v) is 7.73. The van der Waals surface area contributed by atoms with E-state index in [1.807, 2.05) is 30.5 Å². The number of rotatable bonds is 6. The Hall–Kier alpha value is -3.35. The SMILES string of the molecule is CC(C)(C)OC(=O)C(Cc1c[nH]c2ccccc12)NC(=O)OCc1cccnc1. The highest BCUT2D eigenvalue weighted by Crippen LogP contribution is 2.20. The Balaban J connectivity index is 1.72. The summed E-state index contributed by atoms with van der Waals surface area (Å²) in [5.74, 6) is -0.513. The monoisotopic (exact) mass is 395 g/mol. The molecule has 2 aromatic heterocycles. The van der Waals surface area contributed by atoms with Gasteiger partial charge in [-0.15, -0.1) is 0 Å². The van der Waals surface area contributed by atoms with Crippen LogP contribution in [0.2, 0.25) is 0 Å². The molecule has 0 spiro atoms. The largest absolute Gasteiger partial charge is 0.458 e. The van der Waals surface area contributed by atoms with Crippen molar-refractivity contribution in [3.8, 4) is 0 Å². The number of esters is 1. The molecule has 7 nitrogen and oxygen atoms in total. The number of carbonyl (C=O) groups excluding carboxylic acids is 2. The van der Waals surface area contributed by atoms with Crippen LogP contribution in [-0.4, -0.2) is 33.7 Å². The van der Waals surface area contributed by atoms with Crippen molar-refractivity contribution in [3.63, 3.8) is 0 Å². The van der Waals surface area contributed by atoms with Crippen molar-refractivity contribution >= 4 is 23.0 Å². The van der Waals surface area contributed by atoms with Crippen molar-refractivity contribution in [2.75, 3.05) is 0 Å². The van der Waals surface area contributed by atoms with Gasteiger partial charge in [0.05, 0.1) is 0 Å². The molecule has 0 fully saturated rings. The zero-order chi connectivity index (χ0) is 20.9. The molecule has 0 aliphatic rings. The fourth-order valence-corrected chi connectivity index (χ4v) is 2.90. The highest BCUT2D eigenvalue weighted by molar-refractivity contribution is 5.86. The number of para-hydroxylation sites is 1. The molecule has 1 aromatic carbocycles. The lowest BCUT2D eigenvalue weighted by atomic mass is 10.0. The van der Waals surface area contributed by atoms with Gasteiger partial charge in [0.1, 0.15) is 18.2 Å². The lowest BCUT2D eigenvalue weighted by Crippen LogP contribution is -2.45. The van der Waals surface area contributed by atoms with Crippen LogP contribution in [0.4, 0.5) is 4.79 Å². The van der Waals surface area contributed by atoms with Gasteiger partial charge in [-0.2, -0.15) is 0 Å². The van der Waals surface area contributed by atoms with Crippen LogP contribution in [0.15, 0.2) is 55.0 Å². The normalized spacial score (nSPS) is 12.4. The molecule has 0 radical (unpaired) electrons. The Morgan fingerprint density at radius 1 is 1.17 bits per heavy atom. The molecule has 1 atom stereocenters. The maximum atomic E-state index is 12.7. The van der Waals surface area contributed by atoms with Crippen molar-refractivity contribution in [3.05, 3.63) is 66.1 Å². The van der Waals surface area contributed by atoms with Crippen LogP contribution >= 0.6 is 0 Å². The minimum absolute atomic E-state index is 0.0633. The number of H-pyrrole nitrogens is 1. The topological polar surface area (TPSA) is 93.3 Å². The zero-order valence-corrected chi connectivity index (χ0v) is 16.8. The quantitative estimate of drug-likeness (QED) is 0.620. The van der Waals surface area contributed by atoms with E-state index in [2.05, 4.69) is 15.3 Å². The van der Waals surface area contributed by atoms with E-state index in [0.29, 0.717) is 0 Å². The van der Waals surface area contributed by atoms with E-state index < -0.39 is 23.7 Å². The van der Waals surface area contributed by atoms with Crippen LogP contribution in [0.5, 0.6) is 0 Å². The lowest BCUT2D eigenvalue weighted by molar-refractivity contribution is -0.157. The Bertz CT molecular complexity index is 976. The maximum absolute atomic E-state index is 12.7. The Kier molecular flexibility index (Phi) is 6.16. The summed E-state index contributed by atoms with van der Waals surface area (Å²) in [6.45, 7) is 5.42.